The molecule has 5 heteroatoms. The van der Waals surface area contributed by atoms with Gasteiger partial charge in [0.1, 0.15) is 5.82 Å². The zero-order valence-corrected chi connectivity index (χ0v) is 12.7. The summed E-state index contributed by atoms with van der Waals surface area (Å²) in [5, 5.41) is 3.37. The highest BCUT2D eigenvalue weighted by Gasteiger charge is 2.09. The van der Waals surface area contributed by atoms with Crippen LogP contribution >= 0.6 is 27.7 Å². The minimum absolute atomic E-state index is 0.178. The SMILES string of the molecule is Fc1ccc(Br)c(CNCCN2CCSCC2)c1. The van der Waals surface area contributed by atoms with E-state index >= 15 is 0 Å². The molecule has 0 spiro atoms. The molecule has 0 amide bonds. The molecule has 0 atom stereocenters. The quantitative estimate of drug-likeness (QED) is 0.834. The Morgan fingerprint density at radius 1 is 1.33 bits per heavy atom. The predicted octanol–water partition coefficient (Wildman–Crippen LogP) is 2.73. The summed E-state index contributed by atoms with van der Waals surface area (Å²) in [5.41, 5.74) is 0.976. The van der Waals surface area contributed by atoms with Crippen LogP contribution in [0.5, 0.6) is 0 Å². The van der Waals surface area contributed by atoms with Crippen LogP contribution < -0.4 is 5.32 Å². The van der Waals surface area contributed by atoms with Crippen molar-refractivity contribution in [3.63, 3.8) is 0 Å². The van der Waals surface area contributed by atoms with Crippen molar-refractivity contribution >= 4 is 27.7 Å². The van der Waals surface area contributed by atoms with Crippen LogP contribution in [-0.4, -0.2) is 42.6 Å². The number of nitrogens with one attached hydrogen (secondary N) is 1. The van der Waals surface area contributed by atoms with E-state index in [0.29, 0.717) is 6.54 Å². The van der Waals surface area contributed by atoms with Crippen molar-refractivity contribution in [2.24, 2.45) is 0 Å². The molecule has 100 valence electrons. The van der Waals surface area contributed by atoms with E-state index in [1.165, 1.54) is 30.7 Å². The topological polar surface area (TPSA) is 15.3 Å². The van der Waals surface area contributed by atoms with Crippen molar-refractivity contribution in [3.8, 4) is 0 Å². The van der Waals surface area contributed by atoms with E-state index in [9.17, 15) is 4.39 Å². The maximum absolute atomic E-state index is 13.1. The number of halogens is 2. The molecule has 2 rings (SSSR count). The molecule has 1 aromatic carbocycles. The fraction of sp³-hybridized carbons (Fsp3) is 0.538. The summed E-state index contributed by atoms with van der Waals surface area (Å²) in [6.45, 7) is 5.12. The Balaban J connectivity index is 1.69. The first kappa shape index (κ1) is 14.3. The molecule has 0 bridgehead atoms. The van der Waals surface area contributed by atoms with Gasteiger partial charge in [-0.2, -0.15) is 11.8 Å². The molecule has 2 nitrogen and oxygen atoms in total. The molecule has 0 aromatic heterocycles. The van der Waals surface area contributed by atoms with Crippen molar-refractivity contribution in [1.29, 1.82) is 0 Å². The Labute approximate surface area is 120 Å². The zero-order chi connectivity index (χ0) is 12.8. The predicted molar refractivity (Wildman–Crippen MR) is 79.6 cm³/mol. The summed E-state index contributed by atoms with van der Waals surface area (Å²) in [6.07, 6.45) is 0. The highest BCUT2D eigenvalue weighted by atomic mass is 79.9. The standard InChI is InChI=1S/C13H18BrFN2S/c14-13-2-1-12(15)9-11(13)10-16-3-4-17-5-7-18-8-6-17/h1-2,9,16H,3-8,10H2. The van der Waals surface area contributed by atoms with Crippen LogP contribution in [0, 0.1) is 5.82 Å². The van der Waals surface area contributed by atoms with E-state index in [-0.39, 0.29) is 5.82 Å². The third-order valence-electron chi connectivity index (χ3n) is 3.03. The van der Waals surface area contributed by atoms with E-state index in [2.05, 4.69) is 26.1 Å². The van der Waals surface area contributed by atoms with Gasteiger partial charge in [-0.3, -0.25) is 0 Å². The lowest BCUT2D eigenvalue weighted by Crippen LogP contribution is -2.37. The van der Waals surface area contributed by atoms with Gasteiger partial charge in [0, 0.05) is 48.7 Å². The second kappa shape index (κ2) is 7.48. The molecule has 18 heavy (non-hydrogen) atoms. The molecule has 0 aliphatic carbocycles. The van der Waals surface area contributed by atoms with Crippen LogP contribution in [0.25, 0.3) is 0 Å². The molecular weight excluding hydrogens is 315 g/mol. The lowest BCUT2D eigenvalue weighted by Gasteiger charge is -2.26. The van der Waals surface area contributed by atoms with Crippen LogP contribution in [0.15, 0.2) is 22.7 Å². The highest BCUT2D eigenvalue weighted by molar-refractivity contribution is 9.10. The summed E-state index contributed by atoms with van der Waals surface area (Å²) in [6, 6.07) is 4.81. The smallest absolute Gasteiger partial charge is 0.123 e. The van der Waals surface area contributed by atoms with Gasteiger partial charge in [-0.15, -0.1) is 0 Å². The number of nitrogens with zero attached hydrogens (tertiary/aromatic N) is 1. The van der Waals surface area contributed by atoms with Crippen molar-refractivity contribution in [3.05, 3.63) is 34.1 Å². The van der Waals surface area contributed by atoms with Crippen molar-refractivity contribution in [2.75, 3.05) is 37.7 Å². The number of rotatable bonds is 5. The minimum atomic E-state index is -0.178. The van der Waals surface area contributed by atoms with Gasteiger partial charge in [0.2, 0.25) is 0 Å². The monoisotopic (exact) mass is 332 g/mol. The number of hydrogen-bond acceptors (Lipinski definition) is 3. The Morgan fingerprint density at radius 3 is 2.89 bits per heavy atom. The number of hydrogen-bond donors (Lipinski definition) is 1. The minimum Gasteiger partial charge on any atom is -0.311 e. The lowest BCUT2D eigenvalue weighted by atomic mass is 10.2. The molecular formula is C13H18BrFN2S. The second-order valence-corrected chi connectivity index (χ2v) is 6.45. The first-order valence-corrected chi connectivity index (χ1v) is 8.15. The zero-order valence-electron chi connectivity index (χ0n) is 10.3. The summed E-state index contributed by atoms with van der Waals surface area (Å²) in [7, 11) is 0. The molecule has 1 aliphatic heterocycles. The van der Waals surface area contributed by atoms with Gasteiger partial charge in [-0.1, -0.05) is 15.9 Å². The van der Waals surface area contributed by atoms with Crippen LogP contribution in [0.2, 0.25) is 0 Å². The maximum atomic E-state index is 13.1. The van der Waals surface area contributed by atoms with E-state index in [1.807, 2.05) is 11.8 Å². The van der Waals surface area contributed by atoms with Gasteiger partial charge in [0.15, 0.2) is 0 Å². The van der Waals surface area contributed by atoms with E-state index < -0.39 is 0 Å². The molecule has 1 fully saturated rings. The van der Waals surface area contributed by atoms with Crippen molar-refractivity contribution in [2.45, 2.75) is 6.54 Å². The average molecular weight is 333 g/mol. The summed E-state index contributed by atoms with van der Waals surface area (Å²) in [4.78, 5) is 2.48. The number of benzene rings is 1. The largest absolute Gasteiger partial charge is 0.311 e. The Morgan fingerprint density at radius 2 is 2.11 bits per heavy atom. The molecule has 0 saturated carbocycles. The van der Waals surface area contributed by atoms with Gasteiger partial charge in [0.05, 0.1) is 0 Å². The second-order valence-electron chi connectivity index (χ2n) is 4.37. The summed E-state index contributed by atoms with van der Waals surface area (Å²) < 4.78 is 14.1. The summed E-state index contributed by atoms with van der Waals surface area (Å²) in [5.74, 6) is 2.31. The molecule has 1 saturated heterocycles. The molecule has 0 unspecified atom stereocenters. The van der Waals surface area contributed by atoms with Gasteiger partial charge >= 0.3 is 0 Å². The Kier molecular flexibility index (Phi) is 5.95. The van der Waals surface area contributed by atoms with E-state index in [1.54, 1.807) is 12.1 Å². The number of thioether (sulfide) groups is 1. The fourth-order valence-corrected chi connectivity index (χ4v) is 3.33. The molecule has 0 radical (unpaired) electrons. The Bertz CT molecular complexity index is 383. The van der Waals surface area contributed by atoms with Crippen molar-refractivity contribution in [1.82, 2.24) is 10.2 Å². The van der Waals surface area contributed by atoms with Crippen LogP contribution in [0.1, 0.15) is 5.56 Å². The first-order chi connectivity index (χ1) is 8.75. The normalized spacial score (nSPS) is 17.0. The highest BCUT2D eigenvalue weighted by Crippen LogP contribution is 2.17. The first-order valence-electron chi connectivity index (χ1n) is 6.20. The molecule has 1 N–H and O–H groups in total. The average Bonchev–Trinajstić information content (AvgIpc) is 2.40. The molecule has 1 heterocycles. The third kappa shape index (κ3) is 4.53. The Hall–Kier alpha value is -0.100. The van der Waals surface area contributed by atoms with Gasteiger partial charge in [-0.05, 0) is 23.8 Å². The summed E-state index contributed by atoms with van der Waals surface area (Å²) >= 11 is 5.47. The van der Waals surface area contributed by atoms with Gasteiger partial charge in [-0.25, -0.2) is 4.39 Å². The van der Waals surface area contributed by atoms with Crippen LogP contribution in [-0.2, 0) is 6.54 Å². The van der Waals surface area contributed by atoms with E-state index in [0.717, 1.165) is 23.1 Å². The van der Waals surface area contributed by atoms with Crippen molar-refractivity contribution < 1.29 is 4.39 Å². The van der Waals surface area contributed by atoms with Gasteiger partial charge in [0.25, 0.3) is 0 Å². The fourth-order valence-electron chi connectivity index (χ4n) is 1.96. The van der Waals surface area contributed by atoms with Crippen LogP contribution in [0.4, 0.5) is 4.39 Å². The third-order valence-corrected chi connectivity index (χ3v) is 4.75. The van der Waals surface area contributed by atoms with E-state index in [4.69, 9.17) is 0 Å². The molecule has 1 aromatic rings. The van der Waals surface area contributed by atoms with Gasteiger partial charge < -0.3 is 10.2 Å². The molecule has 1 aliphatic rings. The van der Waals surface area contributed by atoms with Crippen LogP contribution in [0.3, 0.4) is 0 Å². The maximum Gasteiger partial charge on any atom is 0.123 e. The lowest BCUT2D eigenvalue weighted by molar-refractivity contribution is 0.301.